The van der Waals surface area contributed by atoms with Crippen molar-refractivity contribution in [3.05, 3.63) is 77.4 Å². The van der Waals surface area contributed by atoms with Crippen LogP contribution in [0.25, 0.3) is 0 Å². The fourth-order valence-corrected chi connectivity index (χ4v) is 4.54. The predicted molar refractivity (Wildman–Crippen MR) is 139 cm³/mol. The first-order valence-corrected chi connectivity index (χ1v) is 12.3. The summed E-state index contributed by atoms with van der Waals surface area (Å²) in [4.78, 5) is 56.6. The Labute approximate surface area is 221 Å². The molecule has 2 aromatic rings. The highest BCUT2D eigenvalue weighted by Crippen LogP contribution is 2.52. The molecule has 1 unspecified atom stereocenters. The van der Waals surface area contributed by atoms with Gasteiger partial charge in [0.15, 0.2) is 5.54 Å². The van der Waals surface area contributed by atoms with Crippen LogP contribution in [0.1, 0.15) is 52.7 Å². The number of hydrogen-bond donors (Lipinski definition) is 0. The Balaban J connectivity index is 1.81. The van der Waals surface area contributed by atoms with Crippen LogP contribution in [-0.4, -0.2) is 46.7 Å². The second kappa shape index (κ2) is 9.63. The minimum absolute atomic E-state index is 0.0366. The van der Waals surface area contributed by atoms with Gasteiger partial charge in [-0.1, -0.05) is 54.6 Å². The van der Waals surface area contributed by atoms with Gasteiger partial charge in [-0.15, -0.1) is 0 Å². The van der Waals surface area contributed by atoms with Crippen molar-refractivity contribution in [1.29, 1.82) is 0 Å². The number of rotatable bonds is 3. The summed E-state index contributed by atoms with van der Waals surface area (Å²) in [6.07, 6.45) is -0.251. The molecule has 0 aromatic heterocycles. The van der Waals surface area contributed by atoms with Gasteiger partial charge in [0.25, 0.3) is 5.91 Å². The lowest BCUT2D eigenvalue weighted by Crippen LogP contribution is -2.57. The Kier molecular flexibility index (Phi) is 6.82. The molecule has 0 fully saturated rings. The molecule has 0 radical (unpaired) electrons. The van der Waals surface area contributed by atoms with Crippen molar-refractivity contribution in [2.24, 2.45) is 0 Å². The van der Waals surface area contributed by atoms with Gasteiger partial charge in [-0.25, -0.2) is 19.3 Å². The van der Waals surface area contributed by atoms with Crippen molar-refractivity contribution in [2.45, 2.75) is 64.9 Å². The molecular weight excluding hydrogens is 488 g/mol. The Hall–Kier alpha value is -4.14. The van der Waals surface area contributed by atoms with Crippen LogP contribution in [0, 0.1) is 0 Å². The van der Waals surface area contributed by atoms with Gasteiger partial charge in [-0.3, -0.25) is 9.69 Å². The monoisotopic (exact) mass is 520 g/mol. The van der Waals surface area contributed by atoms with Crippen LogP contribution < -0.4 is 4.90 Å². The van der Waals surface area contributed by atoms with Gasteiger partial charge < -0.3 is 14.2 Å². The maximum absolute atomic E-state index is 14.3. The van der Waals surface area contributed by atoms with Crippen LogP contribution in [-0.2, 0) is 35.9 Å². The molecule has 2 aliphatic heterocycles. The zero-order chi connectivity index (χ0) is 27.9. The Morgan fingerprint density at radius 3 is 2.05 bits per heavy atom. The van der Waals surface area contributed by atoms with E-state index in [-0.39, 0.29) is 30.0 Å². The molecule has 200 valence electrons. The maximum Gasteiger partial charge on any atom is 0.421 e. The highest BCUT2D eigenvalue weighted by atomic mass is 16.6. The van der Waals surface area contributed by atoms with Crippen LogP contribution in [0.2, 0.25) is 0 Å². The average molecular weight is 521 g/mol. The van der Waals surface area contributed by atoms with Gasteiger partial charge in [0.05, 0.1) is 11.3 Å². The summed E-state index contributed by atoms with van der Waals surface area (Å²) in [7, 11) is 0. The lowest BCUT2D eigenvalue weighted by Gasteiger charge is -2.36. The van der Waals surface area contributed by atoms with Gasteiger partial charge >= 0.3 is 18.2 Å². The largest absolute Gasteiger partial charge is 0.457 e. The topological polar surface area (TPSA) is 102 Å². The zero-order valence-corrected chi connectivity index (χ0v) is 22.4. The number of nitrogens with zero attached hydrogens (tertiary/aromatic N) is 2. The number of ether oxygens (including phenoxy) is 3. The third kappa shape index (κ3) is 4.88. The smallest absolute Gasteiger partial charge is 0.421 e. The highest BCUT2D eigenvalue weighted by Gasteiger charge is 2.65. The minimum Gasteiger partial charge on any atom is -0.457 e. The fourth-order valence-electron chi connectivity index (χ4n) is 4.54. The van der Waals surface area contributed by atoms with Crippen LogP contribution in [0.4, 0.5) is 15.3 Å². The van der Waals surface area contributed by atoms with Crippen LogP contribution >= 0.6 is 0 Å². The summed E-state index contributed by atoms with van der Waals surface area (Å²) in [5.41, 5.74) is -2.56. The molecule has 38 heavy (non-hydrogen) atoms. The molecule has 0 saturated heterocycles. The van der Waals surface area contributed by atoms with E-state index < -0.39 is 40.8 Å². The van der Waals surface area contributed by atoms with E-state index in [1.165, 1.54) is 11.0 Å². The third-order valence-electron chi connectivity index (χ3n) is 5.94. The highest BCUT2D eigenvalue weighted by molar-refractivity contribution is 6.25. The molecule has 9 nitrogen and oxygen atoms in total. The number of benzene rings is 2. The van der Waals surface area contributed by atoms with Crippen LogP contribution in [0.15, 0.2) is 66.2 Å². The quantitative estimate of drug-likeness (QED) is 0.411. The predicted octanol–water partition coefficient (Wildman–Crippen LogP) is 5.08. The number of anilines is 1. The normalized spacial score (nSPS) is 18.8. The first-order chi connectivity index (χ1) is 17.8. The number of amides is 3. The number of imide groups is 1. The van der Waals surface area contributed by atoms with Gasteiger partial charge in [-0.2, -0.15) is 0 Å². The molecule has 2 heterocycles. The van der Waals surface area contributed by atoms with Gasteiger partial charge in [0.1, 0.15) is 17.8 Å². The Morgan fingerprint density at radius 2 is 1.42 bits per heavy atom. The van der Waals surface area contributed by atoms with E-state index in [0.717, 1.165) is 10.5 Å². The molecule has 9 heteroatoms. The third-order valence-corrected chi connectivity index (χ3v) is 5.94. The molecule has 2 aromatic carbocycles. The fraction of sp³-hybridized carbons (Fsp3) is 0.379. The van der Waals surface area contributed by atoms with E-state index in [4.69, 9.17) is 14.2 Å². The van der Waals surface area contributed by atoms with Gasteiger partial charge in [0.2, 0.25) is 0 Å². The molecule has 2 aliphatic rings. The number of para-hydroxylation sites is 1. The minimum atomic E-state index is -1.97. The maximum atomic E-state index is 14.3. The standard InChI is InChI=1S/C29H32N2O7/c1-27(2,3)37-25(34)30-17-16-21(23(32)36-18-19-12-8-7-9-13-19)29(30)20-14-10-11-15-22(20)31(24(29)33)26(35)38-28(4,5)6/h7-16H,17-18H2,1-6H3. The number of carbonyl (C=O) groups excluding carboxylic acids is 4. The first kappa shape index (κ1) is 26.9. The summed E-state index contributed by atoms with van der Waals surface area (Å²) in [5.74, 6) is -1.60. The van der Waals surface area contributed by atoms with E-state index in [1.54, 1.807) is 77.9 Å². The molecular formula is C29H32N2O7. The summed E-state index contributed by atoms with van der Waals surface area (Å²) >= 11 is 0. The summed E-state index contributed by atoms with van der Waals surface area (Å²) in [6.45, 7) is 10.0. The Morgan fingerprint density at radius 1 is 0.842 bits per heavy atom. The van der Waals surface area contributed by atoms with Crippen molar-refractivity contribution in [2.75, 3.05) is 11.4 Å². The molecule has 3 amide bonds. The Bertz CT molecular complexity index is 1300. The summed E-state index contributed by atoms with van der Waals surface area (Å²) in [6, 6.07) is 15.6. The molecule has 1 spiro atoms. The van der Waals surface area contributed by atoms with Crippen molar-refractivity contribution in [3.63, 3.8) is 0 Å². The van der Waals surface area contributed by atoms with Crippen molar-refractivity contribution >= 4 is 29.8 Å². The lowest BCUT2D eigenvalue weighted by atomic mass is 9.84. The molecule has 0 N–H and O–H groups in total. The van der Waals surface area contributed by atoms with E-state index in [9.17, 15) is 19.2 Å². The lowest BCUT2D eigenvalue weighted by molar-refractivity contribution is -0.143. The molecule has 0 bridgehead atoms. The van der Waals surface area contributed by atoms with Gasteiger partial charge in [0, 0.05) is 12.1 Å². The van der Waals surface area contributed by atoms with Crippen molar-refractivity contribution in [3.8, 4) is 0 Å². The number of hydrogen-bond acceptors (Lipinski definition) is 7. The van der Waals surface area contributed by atoms with E-state index in [2.05, 4.69) is 0 Å². The SMILES string of the molecule is CC(C)(C)OC(=O)N1C(=O)C2(C(C(=O)OCc3ccccc3)=CCN2C(=O)OC(C)(C)C)c2ccccc21. The zero-order valence-electron chi connectivity index (χ0n) is 22.4. The van der Waals surface area contributed by atoms with E-state index in [1.807, 2.05) is 18.2 Å². The second-order valence-corrected chi connectivity index (χ2v) is 11.1. The van der Waals surface area contributed by atoms with Crippen molar-refractivity contribution in [1.82, 2.24) is 4.90 Å². The summed E-state index contributed by atoms with van der Waals surface area (Å²) < 4.78 is 16.7. The molecule has 4 rings (SSSR count). The number of carbonyl (C=O) groups is 4. The van der Waals surface area contributed by atoms with E-state index >= 15 is 0 Å². The van der Waals surface area contributed by atoms with E-state index in [0.29, 0.717) is 0 Å². The van der Waals surface area contributed by atoms with Gasteiger partial charge in [-0.05, 0) is 53.2 Å². The average Bonchev–Trinajstić information content (AvgIpc) is 3.34. The molecule has 0 aliphatic carbocycles. The number of fused-ring (bicyclic) bond motifs is 2. The van der Waals surface area contributed by atoms with Crippen LogP contribution in [0.3, 0.4) is 0 Å². The van der Waals surface area contributed by atoms with Crippen molar-refractivity contribution < 1.29 is 33.4 Å². The van der Waals surface area contributed by atoms with Crippen LogP contribution in [0.5, 0.6) is 0 Å². The number of esters is 1. The first-order valence-electron chi connectivity index (χ1n) is 12.3. The second-order valence-electron chi connectivity index (χ2n) is 11.1. The molecule has 0 saturated carbocycles. The summed E-state index contributed by atoms with van der Waals surface area (Å²) in [5, 5.41) is 0. The molecule has 1 atom stereocenters.